The number of hydroxylamine groups is 1. The summed E-state index contributed by atoms with van der Waals surface area (Å²) < 4.78 is 11.5. The van der Waals surface area contributed by atoms with Crippen LogP contribution in [0.25, 0.3) is 0 Å². The first-order valence-electron chi connectivity index (χ1n) is 14.8. The highest BCUT2D eigenvalue weighted by Gasteiger charge is 2.20. The standard InChI is InChI=1S/C33H43N3O8/c1-25(38)44-36(33(41)35-29-11-4-2-5-12-29)30-13-8-10-26(20-30)24-43-19-9-18-42-17-7-3-6-16-34-22-32(40)27-14-15-31(39)28(21-27)23-37/h2,4-5,8,10-15,20-21,32,34,37,39-40H,3,6-7,9,16-19,22-24H2,1H3,(H,35,41)/t32-/m1/s1. The Kier molecular flexibility index (Phi) is 15.1. The minimum Gasteiger partial charge on any atom is -0.508 e. The van der Waals surface area contributed by atoms with Gasteiger partial charge < -0.3 is 40.3 Å². The van der Waals surface area contributed by atoms with E-state index in [0.717, 1.165) is 42.9 Å². The number of hydrogen-bond acceptors (Lipinski definition) is 9. The molecular formula is C33H43N3O8. The minimum atomic E-state index is -0.711. The van der Waals surface area contributed by atoms with E-state index in [1.54, 1.807) is 54.6 Å². The van der Waals surface area contributed by atoms with Gasteiger partial charge in [-0.1, -0.05) is 36.4 Å². The number of ether oxygens (including phenoxy) is 2. The Balaban J connectivity index is 1.25. The van der Waals surface area contributed by atoms with E-state index in [-0.39, 0.29) is 12.4 Å². The van der Waals surface area contributed by atoms with Gasteiger partial charge in [0.15, 0.2) is 0 Å². The van der Waals surface area contributed by atoms with Crippen LogP contribution >= 0.6 is 0 Å². The highest BCUT2D eigenvalue weighted by Crippen LogP contribution is 2.22. The summed E-state index contributed by atoms with van der Waals surface area (Å²) in [5.41, 5.74) is 2.85. The van der Waals surface area contributed by atoms with E-state index in [1.807, 2.05) is 12.1 Å². The van der Waals surface area contributed by atoms with E-state index in [9.17, 15) is 24.9 Å². The second-order valence-corrected chi connectivity index (χ2v) is 10.2. The van der Waals surface area contributed by atoms with Crippen LogP contribution in [0.5, 0.6) is 5.75 Å². The van der Waals surface area contributed by atoms with Crippen molar-refractivity contribution < 1.29 is 39.2 Å². The van der Waals surface area contributed by atoms with Crippen molar-refractivity contribution in [2.24, 2.45) is 0 Å². The molecule has 3 aromatic carbocycles. The van der Waals surface area contributed by atoms with Gasteiger partial charge >= 0.3 is 12.0 Å². The summed E-state index contributed by atoms with van der Waals surface area (Å²) in [6.07, 6.45) is 2.92. The first-order chi connectivity index (χ1) is 21.4. The zero-order chi connectivity index (χ0) is 31.6. The molecule has 3 rings (SSSR count). The van der Waals surface area contributed by atoms with Crippen molar-refractivity contribution in [3.8, 4) is 5.75 Å². The largest absolute Gasteiger partial charge is 0.508 e. The SMILES string of the molecule is CC(=O)ON(C(=O)Nc1ccccc1)c1cccc(COCCCOCCCCCNC[C@@H](O)c2ccc(O)c(CO)c2)c1. The molecular weight excluding hydrogens is 566 g/mol. The molecule has 1 atom stereocenters. The van der Waals surface area contributed by atoms with Crippen LogP contribution in [0.3, 0.4) is 0 Å². The lowest BCUT2D eigenvalue weighted by Gasteiger charge is -2.21. The lowest BCUT2D eigenvalue weighted by Crippen LogP contribution is -2.36. The maximum absolute atomic E-state index is 12.8. The summed E-state index contributed by atoms with van der Waals surface area (Å²) in [4.78, 5) is 29.6. The van der Waals surface area contributed by atoms with Crippen LogP contribution in [-0.2, 0) is 32.3 Å². The van der Waals surface area contributed by atoms with Gasteiger partial charge in [0.1, 0.15) is 5.75 Å². The van der Waals surface area contributed by atoms with Gasteiger partial charge in [0, 0.05) is 44.5 Å². The fourth-order valence-electron chi connectivity index (χ4n) is 4.29. The maximum Gasteiger partial charge on any atom is 0.359 e. The van der Waals surface area contributed by atoms with Crippen molar-refractivity contribution >= 4 is 23.4 Å². The lowest BCUT2D eigenvalue weighted by atomic mass is 10.1. The molecule has 5 N–H and O–H groups in total. The Morgan fingerprint density at radius 1 is 0.886 bits per heavy atom. The number of nitrogens with one attached hydrogen (secondary N) is 2. The number of anilines is 2. The van der Waals surface area contributed by atoms with Crippen LogP contribution in [0.4, 0.5) is 16.2 Å². The van der Waals surface area contributed by atoms with E-state index in [0.29, 0.717) is 55.5 Å². The van der Waals surface area contributed by atoms with E-state index in [4.69, 9.17) is 14.3 Å². The number of urea groups is 1. The second-order valence-electron chi connectivity index (χ2n) is 10.2. The zero-order valence-electron chi connectivity index (χ0n) is 25.1. The number of benzene rings is 3. The quantitative estimate of drug-likeness (QED) is 0.101. The molecule has 0 unspecified atom stereocenters. The fourth-order valence-corrected chi connectivity index (χ4v) is 4.29. The number of hydrogen-bond donors (Lipinski definition) is 5. The highest BCUT2D eigenvalue weighted by molar-refractivity contribution is 6.01. The maximum atomic E-state index is 12.8. The molecule has 11 nitrogen and oxygen atoms in total. The number of carbonyl (C=O) groups excluding carboxylic acids is 2. The Hall–Kier alpha value is -4.00. The number of phenols is 1. The van der Waals surface area contributed by atoms with Crippen molar-refractivity contribution in [1.82, 2.24) is 5.32 Å². The fraction of sp³-hybridized carbons (Fsp3) is 0.394. The Labute approximate surface area is 258 Å². The summed E-state index contributed by atoms with van der Waals surface area (Å²) >= 11 is 0. The van der Waals surface area contributed by atoms with Crippen molar-refractivity contribution in [3.63, 3.8) is 0 Å². The van der Waals surface area contributed by atoms with Crippen molar-refractivity contribution in [3.05, 3.63) is 89.5 Å². The molecule has 2 amide bonds. The van der Waals surface area contributed by atoms with Crippen LogP contribution in [0.2, 0.25) is 0 Å². The predicted octanol–water partition coefficient (Wildman–Crippen LogP) is 4.82. The van der Waals surface area contributed by atoms with Crippen LogP contribution in [0, 0.1) is 0 Å². The van der Waals surface area contributed by atoms with E-state index in [2.05, 4.69) is 10.6 Å². The smallest absolute Gasteiger partial charge is 0.359 e. The van der Waals surface area contributed by atoms with E-state index < -0.39 is 18.1 Å². The van der Waals surface area contributed by atoms with Crippen LogP contribution in [0.1, 0.15) is 55.4 Å². The van der Waals surface area contributed by atoms with Crippen molar-refractivity contribution in [2.45, 2.75) is 51.9 Å². The number of unbranched alkanes of at least 4 members (excludes halogenated alkanes) is 2. The number of rotatable bonds is 18. The van der Waals surface area contributed by atoms with Crippen LogP contribution in [0.15, 0.2) is 72.8 Å². The molecule has 0 fully saturated rings. The topological polar surface area (TPSA) is 150 Å². The Bertz CT molecular complexity index is 1290. The molecule has 0 aromatic heterocycles. The van der Waals surface area contributed by atoms with Crippen molar-refractivity contribution in [1.29, 1.82) is 0 Å². The molecule has 3 aromatic rings. The molecule has 0 aliphatic rings. The van der Waals surface area contributed by atoms with Gasteiger partial charge in [0.2, 0.25) is 0 Å². The summed E-state index contributed by atoms with van der Waals surface area (Å²) in [5, 5.41) is 36.1. The third kappa shape index (κ3) is 12.3. The molecule has 44 heavy (non-hydrogen) atoms. The molecule has 0 aliphatic carbocycles. The lowest BCUT2D eigenvalue weighted by molar-refractivity contribution is -0.141. The zero-order valence-corrected chi connectivity index (χ0v) is 25.1. The minimum absolute atomic E-state index is 0.0193. The summed E-state index contributed by atoms with van der Waals surface area (Å²) in [7, 11) is 0. The predicted molar refractivity (Wildman–Crippen MR) is 167 cm³/mol. The number of carbonyl (C=O) groups is 2. The van der Waals surface area contributed by atoms with E-state index >= 15 is 0 Å². The van der Waals surface area contributed by atoms with Gasteiger partial charge in [0.05, 0.1) is 25.0 Å². The average Bonchev–Trinajstić information content (AvgIpc) is 3.02. The molecule has 11 heteroatoms. The van der Waals surface area contributed by atoms with Gasteiger partial charge in [-0.3, -0.25) is 0 Å². The van der Waals surface area contributed by atoms with Crippen LogP contribution in [-0.4, -0.2) is 60.2 Å². The Morgan fingerprint density at radius 3 is 2.43 bits per heavy atom. The first kappa shape index (κ1) is 34.5. The molecule has 0 spiro atoms. The number of amides is 2. The molecule has 0 aliphatic heterocycles. The summed E-state index contributed by atoms with van der Waals surface area (Å²) in [6, 6.07) is 20.1. The molecule has 0 saturated carbocycles. The van der Waals surface area contributed by atoms with Crippen molar-refractivity contribution in [2.75, 3.05) is 43.3 Å². The van der Waals surface area contributed by atoms with Gasteiger partial charge in [-0.25, -0.2) is 9.59 Å². The van der Waals surface area contributed by atoms with Crippen LogP contribution < -0.4 is 15.7 Å². The van der Waals surface area contributed by atoms with Gasteiger partial charge in [-0.2, -0.15) is 0 Å². The van der Waals surface area contributed by atoms with Gasteiger partial charge in [-0.15, -0.1) is 5.06 Å². The molecule has 0 heterocycles. The molecule has 0 bridgehead atoms. The first-order valence-corrected chi connectivity index (χ1v) is 14.8. The third-order valence-electron chi connectivity index (χ3n) is 6.56. The Morgan fingerprint density at radius 2 is 1.66 bits per heavy atom. The molecule has 0 saturated heterocycles. The highest BCUT2D eigenvalue weighted by atomic mass is 16.7. The van der Waals surface area contributed by atoms with Gasteiger partial charge in [0.25, 0.3) is 0 Å². The molecule has 0 radical (unpaired) electrons. The summed E-state index contributed by atoms with van der Waals surface area (Å²) in [5.74, 6) is -0.599. The number of aliphatic hydroxyl groups is 2. The van der Waals surface area contributed by atoms with E-state index in [1.165, 1.54) is 13.0 Å². The normalized spacial score (nSPS) is 11.6. The second kappa shape index (κ2) is 19.3. The number of aliphatic hydroxyl groups excluding tert-OH is 2. The molecule has 238 valence electrons. The number of para-hydroxylation sites is 1. The number of aromatic hydroxyl groups is 1. The van der Waals surface area contributed by atoms with Gasteiger partial charge in [-0.05, 0) is 79.8 Å². The average molecular weight is 610 g/mol. The third-order valence-corrected chi connectivity index (χ3v) is 6.56. The summed E-state index contributed by atoms with van der Waals surface area (Å²) in [6.45, 7) is 4.23. The monoisotopic (exact) mass is 609 g/mol. The number of nitrogens with zero attached hydrogens (tertiary/aromatic N) is 1.